The van der Waals surface area contributed by atoms with Crippen molar-refractivity contribution in [2.24, 2.45) is 0 Å². The molecule has 2 aromatic carbocycles. The summed E-state index contributed by atoms with van der Waals surface area (Å²) in [6, 6.07) is 16.7. The van der Waals surface area contributed by atoms with Crippen LogP contribution in [-0.2, 0) is 16.1 Å². The molecule has 3 aromatic rings. The van der Waals surface area contributed by atoms with Crippen LogP contribution in [0.3, 0.4) is 0 Å². The van der Waals surface area contributed by atoms with Crippen molar-refractivity contribution in [3.05, 3.63) is 94.9 Å². The third-order valence-electron chi connectivity index (χ3n) is 5.47. The van der Waals surface area contributed by atoms with Crippen LogP contribution in [0, 0.1) is 13.8 Å². The highest BCUT2D eigenvalue weighted by Crippen LogP contribution is 2.36. The summed E-state index contributed by atoms with van der Waals surface area (Å²) in [7, 11) is 1.55. The number of amides is 2. The van der Waals surface area contributed by atoms with Crippen LogP contribution >= 0.6 is 0 Å². The fourth-order valence-electron chi connectivity index (χ4n) is 3.63. The van der Waals surface area contributed by atoms with Gasteiger partial charge in [0.1, 0.15) is 11.4 Å². The van der Waals surface area contributed by atoms with Crippen molar-refractivity contribution < 1.29 is 14.3 Å². The molecule has 2 heterocycles. The molecule has 6 nitrogen and oxygen atoms in total. The third kappa shape index (κ3) is 3.80. The second-order valence-corrected chi connectivity index (χ2v) is 7.38. The standard InChI is InChI=1S/C25H23N3O3/c1-16-8-6-11-20(17(16)2)27-23-22(19-10-4-5-12-21(19)31-3)24(29)28(25(23)30)15-18-9-7-13-26-14-18/h4-14,27H,15H2,1-3H3. The van der Waals surface area contributed by atoms with E-state index in [4.69, 9.17) is 4.74 Å². The number of hydrogen-bond acceptors (Lipinski definition) is 5. The van der Waals surface area contributed by atoms with E-state index in [1.807, 2.05) is 50.2 Å². The highest BCUT2D eigenvalue weighted by molar-refractivity contribution is 6.37. The van der Waals surface area contributed by atoms with Gasteiger partial charge in [-0.2, -0.15) is 0 Å². The topological polar surface area (TPSA) is 71.5 Å². The number of anilines is 1. The summed E-state index contributed by atoms with van der Waals surface area (Å²) >= 11 is 0. The van der Waals surface area contributed by atoms with Gasteiger partial charge < -0.3 is 10.1 Å². The molecule has 1 aromatic heterocycles. The van der Waals surface area contributed by atoms with Gasteiger partial charge in [0.15, 0.2) is 0 Å². The minimum absolute atomic E-state index is 0.141. The second-order valence-electron chi connectivity index (χ2n) is 7.38. The van der Waals surface area contributed by atoms with Gasteiger partial charge in [-0.15, -0.1) is 0 Å². The van der Waals surface area contributed by atoms with E-state index < -0.39 is 0 Å². The maximum Gasteiger partial charge on any atom is 0.278 e. The first-order chi connectivity index (χ1) is 15.0. The summed E-state index contributed by atoms with van der Waals surface area (Å²) in [5.41, 5.74) is 4.78. The van der Waals surface area contributed by atoms with Crippen molar-refractivity contribution in [3.8, 4) is 5.75 Å². The summed E-state index contributed by atoms with van der Waals surface area (Å²) < 4.78 is 5.48. The number of aryl methyl sites for hydroxylation is 1. The van der Waals surface area contributed by atoms with Gasteiger partial charge in [-0.25, -0.2) is 0 Å². The zero-order valence-corrected chi connectivity index (χ0v) is 17.7. The molecule has 0 unspecified atom stereocenters. The Morgan fingerprint density at radius 2 is 1.77 bits per heavy atom. The largest absolute Gasteiger partial charge is 0.496 e. The second kappa shape index (κ2) is 8.44. The van der Waals surface area contributed by atoms with Crippen LogP contribution in [0.5, 0.6) is 5.75 Å². The number of ether oxygens (including phenoxy) is 1. The number of methoxy groups -OCH3 is 1. The van der Waals surface area contributed by atoms with E-state index in [0.29, 0.717) is 16.9 Å². The molecule has 1 aliphatic heterocycles. The van der Waals surface area contributed by atoms with Crippen LogP contribution in [0.2, 0.25) is 0 Å². The number of para-hydroxylation sites is 1. The van der Waals surface area contributed by atoms with Gasteiger partial charge in [-0.3, -0.25) is 19.5 Å². The maximum atomic E-state index is 13.5. The number of benzene rings is 2. The number of hydrogen-bond donors (Lipinski definition) is 1. The molecule has 6 heteroatoms. The Balaban J connectivity index is 1.82. The van der Waals surface area contributed by atoms with E-state index in [1.54, 1.807) is 37.7 Å². The van der Waals surface area contributed by atoms with Crippen LogP contribution < -0.4 is 10.1 Å². The Hall–Kier alpha value is -3.93. The molecule has 4 rings (SSSR count). The molecule has 0 fully saturated rings. The first-order valence-electron chi connectivity index (χ1n) is 9.97. The lowest BCUT2D eigenvalue weighted by Gasteiger charge is -2.16. The van der Waals surface area contributed by atoms with Gasteiger partial charge in [0.05, 0.1) is 19.2 Å². The molecule has 1 N–H and O–H groups in total. The number of nitrogens with one attached hydrogen (secondary N) is 1. The number of carbonyl (C=O) groups excluding carboxylic acids is 2. The smallest absolute Gasteiger partial charge is 0.278 e. The fraction of sp³-hybridized carbons (Fsp3) is 0.160. The molecule has 0 saturated heterocycles. The van der Waals surface area contributed by atoms with Crippen molar-refractivity contribution in [3.63, 3.8) is 0 Å². The van der Waals surface area contributed by atoms with Crippen molar-refractivity contribution >= 4 is 23.1 Å². The lowest BCUT2D eigenvalue weighted by Crippen LogP contribution is -2.32. The summed E-state index contributed by atoms with van der Waals surface area (Å²) in [5.74, 6) is -0.219. The summed E-state index contributed by atoms with van der Waals surface area (Å²) in [6.45, 7) is 4.13. The van der Waals surface area contributed by atoms with E-state index in [0.717, 1.165) is 22.4 Å². The van der Waals surface area contributed by atoms with Gasteiger partial charge >= 0.3 is 0 Å². The van der Waals surface area contributed by atoms with Gasteiger partial charge in [0, 0.05) is 23.6 Å². The number of rotatable bonds is 6. The molecule has 0 radical (unpaired) electrons. The van der Waals surface area contributed by atoms with Crippen LogP contribution in [-0.4, -0.2) is 28.8 Å². The van der Waals surface area contributed by atoms with Crippen molar-refractivity contribution in [1.82, 2.24) is 9.88 Å². The Kier molecular flexibility index (Phi) is 5.54. The highest BCUT2D eigenvalue weighted by Gasteiger charge is 2.40. The predicted molar refractivity (Wildman–Crippen MR) is 119 cm³/mol. The SMILES string of the molecule is COc1ccccc1C1=C(Nc2cccc(C)c2C)C(=O)N(Cc2cccnc2)C1=O. The average Bonchev–Trinajstić information content (AvgIpc) is 3.01. The number of nitrogens with zero attached hydrogens (tertiary/aromatic N) is 2. The monoisotopic (exact) mass is 413 g/mol. The Morgan fingerprint density at radius 1 is 0.968 bits per heavy atom. The molecule has 1 aliphatic rings. The quantitative estimate of drug-likeness (QED) is 0.616. The number of carbonyl (C=O) groups is 2. The number of imide groups is 1. The average molecular weight is 413 g/mol. The van der Waals surface area contributed by atoms with Gasteiger partial charge in [0.2, 0.25) is 0 Å². The number of aromatic nitrogens is 1. The molecule has 0 aliphatic carbocycles. The van der Waals surface area contributed by atoms with E-state index >= 15 is 0 Å². The predicted octanol–water partition coefficient (Wildman–Crippen LogP) is 4.10. The molecule has 0 spiro atoms. The van der Waals surface area contributed by atoms with Crippen LogP contribution in [0.4, 0.5) is 5.69 Å². The van der Waals surface area contributed by atoms with E-state index in [2.05, 4.69) is 10.3 Å². The van der Waals surface area contributed by atoms with Gasteiger partial charge in [-0.05, 0) is 48.7 Å². The number of pyridine rings is 1. The zero-order valence-electron chi connectivity index (χ0n) is 17.7. The lowest BCUT2D eigenvalue weighted by atomic mass is 10.0. The van der Waals surface area contributed by atoms with E-state index in [9.17, 15) is 9.59 Å². The Morgan fingerprint density at radius 3 is 2.52 bits per heavy atom. The van der Waals surface area contributed by atoms with E-state index in [1.165, 1.54) is 4.90 Å². The maximum absolute atomic E-state index is 13.5. The van der Waals surface area contributed by atoms with Crippen LogP contribution in [0.15, 0.2) is 72.7 Å². The van der Waals surface area contributed by atoms with Gasteiger partial charge in [-0.1, -0.05) is 36.4 Å². The van der Waals surface area contributed by atoms with E-state index in [-0.39, 0.29) is 24.1 Å². The normalized spacial score (nSPS) is 13.7. The molecule has 2 amide bonds. The Bertz CT molecular complexity index is 1190. The zero-order chi connectivity index (χ0) is 22.0. The summed E-state index contributed by atoms with van der Waals surface area (Å²) in [5, 5.41) is 3.24. The van der Waals surface area contributed by atoms with Crippen molar-refractivity contribution in [2.45, 2.75) is 20.4 Å². The lowest BCUT2D eigenvalue weighted by molar-refractivity contribution is -0.137. The Labute approximate surface area is 181 Å². The minimum atomic E-state index is -0.379. The van der Waals surface area contributed by atoms with Crippen LogP contribution in [0.1, 0.15) is 22.3 Å². The van der Waals surface area contributed by atoms with Crippen LogP contribution in [0.25, 0.3) is 5.57 Å². The molecule has 0 atom stereocenters. The summed E-state index contributed by atoms with van der Waals surface area (Å²) in [4.78, 5) is 32.2. The summed E-state index contributed by atoms with van der Waals surface area (Å²) in [6.07, 6.45) is 3.31. The molecular formula is C25H23N3O3. The van der Waals surface area contributed by atoms with Gasteiger partial charge in [0.25, 0.3) is 11.8 Å². The molecule has 0 saturated carbocycles. The molecule has 156 valence electrons. The first-order valence-corrected chi connectivity index (χ1v) is 9.97. The fourth-order valence-corrected chi connectivity index (χ4v) is 3.63. The van der Waals surface area contributed by atoms with Crippen molar-refractivity contribution in [2.75, 3.05) is 12.4 Å². The highest BCUT2D eigenvalue weighted by atomic mass is 16.5. The molecular weight excluding hydrogens is 390 g/mol. The molecule has 31 heavy (non-hydrogen) atoms. The first kappa shape index (κ1) is 20.3. The third-order valence-corrected chi connectivity index (χ3v) is 5.47. The molecule has 0 bridgehead atoms. The minimum Gasteiger partial charge on any atom is -0.496 e. The van der Waals surface area contributed by atoms with Crippen molar-refractivity contribution in [1.29, 1.82) is 0 Å².